The minimum Gasteiger partial charge on any atom is -0.488 e. The number of hydrogen-bond donors (Lipinski definition) is 3. The molecule has 8 heteroatoms. The lowest BCUT2D eigenvalue weighted by molar-refractivity contribution is 0.262. The predicted octanol–water partition coefficient (Wildman–Crippen LogP) is 6.20. The number of nitrogens with zero attached hydrogens (tertiary/aromatic N) is 1. The normalized spacial score (nSPS) is 10.5. The molecule has 2 amide bonds. The van der Waals surface area contributed by atoms with Gasteiger partial charge in [0.1, 0.15) is 18.2 Å². The van der Waals surface area contributed by atoms with Crippen molar-refractivity contribution in [2.75, 3.05) is 10.6 Å². The van der Waals surface area contributed by atoms with Gasteiger partial charge in [0.15, 0.2) is 0 Å². The highest BCUT2D eigenvalue weighted by Gasteiger charge is 2.14. The molecule has 1 heterocycles. The minimum atomic E-state index is -0.445. The number of hydrogen-bond acceptors (Lipinski definition) is 3. The fourth-order valence-corrected chi connectivity index (χ4v) is 3.36. The van der Waals surface area contributed by atoms with Crippen LogP contribution < -0.4 is 15.4 Å². The summed E-state index contributed by atoms with van der Waals surface area (Å²) in [7, 11) is 0. The van der Waals surface area contributed by atoms with Crippen molar-refractivity contribution in [1.29, 1.82) is 0 Å². The van der Waals surface area contributed by atoms with Crippen LogP contribution in [0.5, 0.6) is 5.75 Å². The Morgan fingerprint density at radius 3 is 2.42 bits per heavy atom. The Bertz CT molecular complexity index is 1180. The van der Waals surface area contributed by atoms with E-state index in [1.807, 2.05) is 30.3 Å². The molecule has 6 nitrogen and oxygen atoms in total. The molecule has 3 aromatic carbocycles. The number of H-pyrrole nitrogens is 1. The molecule has 156 valence electrons. The van der Waals surface area contributed by atoms with Crippen molar-refractivity contribution in [2.45, 2.75) is 6.61 Å². The van der Waals surface area contributed by atoms with Crippen molar-refractivity contribution in [3.8, 4) is 17.0 Å². The van der Waals surface area contributed by atoms with E-state index >= 15 is 0 Å². The summed E-state index contributed by atoms with van der Waals surface area (Å²) in [5, 5.41) is 12.4. The highest BCUT2D eigenvalue weighted by Crippen LogP contribution is 2.36. The SMILES string of the molecule is O=C(Nc1ccc(F)cc1)Nc1ccc(OCc2ccccc2)c(-c2[nH]ncc2Br)c1. The number of carbonyl (C=O) groups excluding carboxylic acids is 1. The lowest BCUT2D eigenvalue weighted by Gasteiger charge is -2.14. The number of anilines is 2. The van der Waals surface area contributed by atoms with Gasteiger partial charge < -0.3 is 15.4 Å². The van der Waals surface area contributed by atoms with Gasteiger partial charge in [-0.2, -0.15) is 5.10 Å². The highest BCUT2D eigenvalue weighted by atomic mass is 79.9. The van der Waals surface area contributed by atoms with Crippen molar-refractivity contribution < 1.29 is 13.9 Å². The van der Waals surface area contributed by atoms with Crippen LogP contribution in [0, 0.1) is 5.82 Å². The molecule has 3 N–H and O–H groups in total. The summed E-state index contributed by atoms with van der Waals surface area (Å²) in [5.74, 6) is 0.269. The predicted molar refractivity (Wildman–Crippen MR) is 122 cm³/mol. The summed E-state index contributed by atoms with van der Waals surface area (Å²) in [5.41, 5.74) is 3.55. The van der Waals surface area contributed by atoms with Crippen molar-refractivity contribution in [2.24, 2.45) is 0 Å². The van der Waals surface area contributed by atoms with E-state index in [1.54, 1.807) is 24.4 Å². The number of aromatic amines is 1. The maximum absolute atomic E-state index is 13.0. The topological polar surface area (TPSA) is 79.0 Å². The first-order valence-corrected chi connectivity index (χ1v) is 10.2. The number of nitrogens with one attached hydrogen (secondary N) is 3. The maximum atomic E-state index is 13.0. The molecule has 0 radical (unpaired) electrons. The van der Waals surface area contributed by atoms with Crippen molar-refractivity contribution in [1.82, 2.24) is 10.2 Å². The number of urea groups is 1. The molecule has 0 unspecified atom stereocenters. The molecular weight excluding hydrogens is 463 g/mol. The van der Waals surface area contributed by atoms with Crippen molar-refractivity contribution in [3.05, 3.63) is 94.8 Å². The number of carbonyl (C=O) groups is 1. The third-order valence-corrected chi connectivity index (χ3v) is 5.04. The average Bonchev–Trinajstić information content (AvgIpc) is 3.21. The van der Waals surface area contributed by atoms with Gasteiger partial charge in [-0.05, 0) is 64.0 Å². The molecule has 31 heavy (non-hydrogen) atoms. The first kappa shape index (κ1) is 20.6. The summed E-state index contributed by atoms with van der Waals surface area (Å²) in [6.07, 6.45) is 1.65. The van der Waals surface area contributed by atoms with Gasteiger partial charge >= 0.3 is 6.03 Å². The second-order valence-electron chi connectivity index (χ2n) is 6.66. The molecule has 0 saturated heterocycles. The maximum Gasteiger partial charge on any atom is 0.323 e. The fourth-order valence-electron chi connectivity index (χ4n) is 2.95. The first-order chi connectivity index (χ1) is 15.1. The van der Waals surface area contributed by atoms with Crippen molar-refractivity contribution >= 4 is 33.3 Å². The van der Waals surface area contributed by atoms with Crippen LogP contribution in [0.1, 0.15) is 5.56 Å². The van der Waals surface area contributed by atoms with Crippen LogP contribution in [-0.4, -0.2) is 16.2 Å². The molecule has 4 aromatic rings. The lowest BCUT2D eigenvalue weighted by atomic mass is 10.1. The fraction of sp³-hybridized carbons (Fsp3) is 0.0435. The zero-order valence-corrected chi connectivity index (χ0v) is 17.8. The molecule has 0 fully saturated rings. The average molecular weight is 481 g/mol. The lowest BCUT2D eigenvalue weighted by Crippen LogP contribution is -2.19. The van der Waals surface area contributed by atoms with Crippen LogP contribution in [0.4, 0.5) is 20.6 Å². The second-order valence-corrected chi connectivity index (χ2v) is 7.52. The zero-order chi connectivity index (χ0) is 21.6. The summed E-state index contributed by atoms with van der Waals surface area (Å²) in [4.78, 5) is 12.4. The summed E-state index contributed by atoms with van der Waals surface area (Å²) < 4.78 is 19.8. The van der Waals surface area contributed by atoms with Crippen molar-refractivity contribution in [3.63, 3.8) is 0 Å². The van der Waals surface area contributed by atoms with E-state index in [4.69, 9.17) is 4.74 Å². The third kappa shape index (κ3) is 5.29. The first-order valence-electron chi connectivity index (χ1n) is 9.42. The number of amides is 2. The van der Waals surface area contributed by atoms with E-state index < -0.39 is 6.03 Å². The second kappa shape index (κ2) is 9.44. The molecule has 0 atom stereocenters. The van der Waals surface area contributed by atoms with E-state index in [0.29, 0.717) is 23.7 Å². The van der Waals surface area contributed by atoms with Gasteiger partial charge in [0.25, 0.3) is 0 Å². The quantitative estimate of drug-likeness (QED) is 0.307. The number of rotatable bonds is 6. The summed E-state index contributed by atoms with van der Waals surface area (Å²) in [6, 6.07) is 20.3. The molecule has 0 saturated carbocycles. The van der Waals surface area contributed by atoms with Crippen LogP contribution in [0.3, 0.4) is 0 Å². The van der Waals surface area contributed by atoms with Gasteiger partial charge in [0, 0.05) is 16.9 Å². The Morgan fingerprint density at radius 1 is 1.00 bits per heavy atom. The molecule has 0 aliphatic rings. The smallest absolute Gasteiger partial charge is 0.323 e. The van der Waals surface area contributed by atoms with Crippen LogP contribution in [0.15, 0.2) is 83.5 Å². The van der Waals surface area contributed by atoms with E-state index in [2.05, 4.69) is 36.8 Å². The largest absolute Gasteiger partial charge is 0.488 e. The van der Waals surface area contributed by atoms with Gasteiger partial charge in [-0.1, -0.05) is 30.3 Å². The molecule has 4 rings (SSSR count). The Morgan fingerprint density at radius 2 is 1.71 bits per heavy atom. The molecule has 0 aliphatic heterocycles. The van der Waals surface area contributed by atoms with Gasteiger partial charge in [-0.3, -0.25) is 5.10 Å². The van der Waals surface area contributed by atoms with E-state index in [-0.39, 0.29) is 5.82 Å². The number of aromatic nitrogens is 2. The van der Waals surface area contributed by atoms with Crippen LogP contribution >= 0.6 is 15.9 Å². The summed E-state index contributed by atoms with van der Waals surface area (Å²) in [6.45, 7) is 0.400. The third-order valence-electron chi connectivity index (χ3n) is 4.44. The molecule has 1 aromatic heterocycles. The summed E-state index contributed by atoms with van der Waals surface area (Å²) >= 11 is 3.48. The molecular formula is C23H18BrFN4O2. The van der Waals surface area contributed by atoms with Gasteiger partial charge in [0.2, 0.25) is 0 Å². The number of benzene rings is 3. The Labute approximate surface area is 186 Å². The highest BCUT2D eigenvalue weighted by molar-refractivity contribution is 9.10. The van der Waals surface area contributed by atoms with E-state index in [9.17, 15) is 9.18 Å². The molecule has 0 bridgehead atoms. The monoisotopic (exact) mass is 480 g/mol. The van der Waals surface area contributed by atoms with E-state index in [1.165, 1.54) is 24.3 Å². The van der Waals surface area contributed by atoms with Crippen LogP contribution in [-0.2, 0) is 6.61 Å². The van der Waals surface area contributed by atoms with Gasteiger partial charge in [-0.15, -0.1) is 0 Å². The number of ether oxygens (including phenoxy) is 1. The van der Waals surface area contributed by atoms with E-state index in [0.717, 1.165) is 21.3 Å². The number of halogens is 2. The zero-order valence-electron chi connectivity index (χ0n) is 16.2. The molecule has 0 aliphatic carbocycles. The van der Waals surface area contributed by atoms with Gasteiger partial charge in [-0.25, -0.2) is 9.18 Å². The Kier molecular flexibility index (Phi) is 6.28. The van der Waals surface area contributed by atoms with Gasteiger partial charge in [0.05, 0.1) is 16.4 Å². The molecule has 0 spiro atoms. The Balaban J connectivity index is 1.54. The minimum absolute atomic E-state index is 0.369. The van der Waals surface area contributed by atoms with Crippen LogP contribution in [0.2, 0.25) is 0 Å². The Hall–Kier alpha value is -3.65. The standard InChI is InChI=1S/C23H18BrFN4O2/c24-20-13-26-29-22(20)19-12-18(28-23(30)27-17-8-6-16(25)7-9-17)10-11-21(19)31-14-15-4-2-1-3-5-15/h1-13H,14H2,(H,26,29)(H2,27,28,30). The van der Waals surface area contributed by atoms with Crippen LogP contribution in [0.25, 0.3) is 11.3 Å².